The van der Waals surface area contributed by atoms with Gasteiger partial charge in [0.1, 0.15) is 5.82 Å². The summed E-state index contributed by atoms with van der Waals surface area (Å²) in [6.45, 7) is 0.714. The zero-order chi connectivity index (χ0) is 22.5. The van der Waals surface area contributed by atoms with E-state index < -0.39 is 15.8 Å². The van der Waals surface area contributed by atoms with E-state index in [-0.39, 0.29) is 36.0 Å². The molecule has 0 amide bonds. The van der Waals surface area contributed by atoms with Crippen LogP contribution in [0.2, 0.25) is 5.02 Å². The lowest BCUT2D eigenvalue weighted by atomic mass is 9.72. The van der Waals surface area contributed by atoms with Crippen molar-refractivity contribution >= 4 is 27.3 Å². The first-order valence-corrected chi connectivity index (χ1v) is 12.2. The minimum Gasteiger partial charge on any atom is -0.395 e. The first-order valence-electron chi connectivity index (χ1n) is 10.4. The summed E-state index contributed by atoms with van der Waals surface area (Å²) in [5, 5.41) is 10.8. The molecule has 2 aliphatic rings. The Labute approximate surface area is 191 Å². The van der Waals surface area contributed by atoms with Crippen LogP contribution in [0.3, 0.4) is 0 Å². The maximum Gasteiger partial charge on any atom is 0.264 e. The van der Waals surface area contributed by atoms with Gasteiger partial charge in [0, 0.05) is 29.6 Å². The third kappa shape index (κ3) is 3.40. The fraction of sp³-hybridized carbons (Fsp3) is 0.250. The van der Waals surface area contributed by atoms with Gasteiger partial charge < -0.3 is 5.11 Å². The normalized spacial score (nSPS) is 22.7. The number of fused-ring (bicyclic) bond motifs is 3. The molecule has 2 heterocycles. The van der Waals surface area contributed by atoms with Crippen LogP contribution in [-0.4, -0.2) is 43.7 Å². The van der Waals surface area contributed by atoms with Gasteiger partial charge in [-0.05, 0) is 47.5 Å². The van der Waals surface area contributed by atoms with Crippen LogP contribution in [0, 0.1) is 5.82 Å². The Kier molecular flexibility index (Phi) is 5.45. The third-order valence-corrected chi connectivity index (χ3v) is 8.66. The summed E-state index contributed by atoms with van der Waals surface area (Å²) in [6, 6.07) is 19.6. The summed E-state index contributed by atoms with van der Waals surface area (Å²) in [7, 11) is -3.89. The Balaban J connectivity index is 1.54. The fourth-order valence-corrected chi connectivity index (χ4v) is 6.65. The number of nitrogens with zero attached hydrogens (tertiary/aromatic N) is 2. The van der Waals surface area contributed by atoms with Crippen molar-refractivity contribution in [3.8, 4) is 0 Å². The monoisotopic (exact) mass is 472 g/mol. The Bertz CT molecular complexity index is 1250. The van der Waals surface area contributed by atoms with Crippen molar-refractivity contribution in [2.45, 2.75) is 29.4 Å². The van der Waals surface area contributed by atoms with E-state index in [0.29, 0.717) is 17.3 Å². The second kappa shape index (κ2) is 8.15. The van der Waals surface area contributed by atoms with E-state index >= 15 is 0 Å². The number of benzene rings is 3. The molecule has 0 aromatic heterocycles. The molecule has 0 unspecified atom stereocenters. The van der Waals surface area contributed by atoms with E-state index in [9.17, 15) is 17.9 Å². The van der Waals surface area contributed by atoms with Crippen molar-refractivity contribution in [2.75, 3.05) is 17.5 Å². The molecule has 5 nitrogen and oxygen atoms in total. The van der Waals surface area contributed by atoms with Crippen LogP contribution in [0.15, 0.2) is 77.7 Å². The van der Waals surface area contributed by atoms with Crippen LogP contribution in [-0.2, 0) is 16.6 Å². The van der Waals surface area contributed by atoms with Crippen LogP contribution < -0.4 is 4.31 Å². The lowest BCUT2D eigenvalue weighted by molar-refractivity contribution is -0.0477. The van der Waals surface area contributed by atoms with Gasteiger partial charge in [0.2, 0.25) is 0 Å². The minimum atomic E-state index is -3.89. The summed E-state index contributed by atoms with van der Waals surface area (Å²) in [4.78, 5) is 2.16. The maximum absolute atomic E-state index is 13.5. The Hall–Kier alpha value is -2.45. The van der Waals surface area contributed by atoms with Gasteiger partial charge in [0.15, 0.2) is 0 Å². The van der Waals surface area contributed by atoms with Crippen LogP contribution in [0.25, 0.3) is 0 Å². The number of likely N-dealkylation sites (tertiary alicyclic amines) is 1. The quantitative estimate of drug-likeness (QED) is 0.609. The molecule has 0 radical (unpaired) electrons. The highest BCUT2D eigenvalue weighted by molar-refractivity contribution is 7.92. The zero-order valence-electron chi connectivity index (χ0n) is 17.1. The topological polar surface area (TPSA) is 60.9 Å². The molecule has 0 aliphatic carbocycles. The standard InChI is InChI=1S/C24H22ClFN2O3S/c25-20-7-3-1-5-16(20)13-27-22-14-28(32(30,31)18-11-9-17(26)10-12-18)21-8-4-2-6-19(21)24(22)23(27)15-29/h1-12,22-24,29H,13-15H2/t22-,23-,24+/m1/s1. The number of para-hydroxylation sites is 1. The smallest absolute Gasteiger partial charge is 0.264 e. The van der Waals surface area contributed by atoms with E-state index in [0.717, 1.165) is 23.3 Å². The molecule has 2 aliphatic heterocycles. The van der Waals surface area contributed by atoms with Gasteiger partial charge in [-0.25, -0.2) is 12.8 Å². The lowest BCUT2D eigenvalue weighted by Crippen LogP contribution is -2.68. The second-order valence-electron chi connectivity index (χ2n) is 8.16. The summed E-state index contributed by atoms with van der Waals surface area (Å²) in [5.41, 5.74) is 2.43. The van der Waals surface area contributed by atoms with Gasteiger partial charge >= 0.3 is 0 Å². The molecule has 32 heavy (non-hydrogen) atoms. The van der Waals surface area contributed by atoms with E-state index in [4.69, 9.17) is 11.6 Å². The maximum atomic E-state index is 13.5. The van der Waals surface area contributed by atoms with Crippen LogP contribution in [0.4, 0.5) is 10.1 Å². The van der Waals surface area contributed by atoms with Gasteiger partial charge in [-0.1, -0.05) is 48.0 Å². The molecular weight excluding hydrogens is 451 g/mol. The third-order valence-electron chi connectivity index (χ3n) is 6.50. The minimum absolute atomic E-state index is 0.0124. The van der Waals surface area contributed by atoms with E-state index in [1.54, 1.807) is 12.1 Å². The van der Waals surface area contributed by atoms with Gasteiger partial charge in [-0.3, -0.25) is 9.21 Å². The first-order chi connectivity index (χ1) is 15.4. The Morgan fingerprint density at radius 1 is 1.00 bits per heavy atom. The van der Waals surface area contributed by atoms with Crippen molar-refractivity contribution in [3.05, 3.63) is 94.8 Å². The second-order valence-corrected chi connectivity index (χ2v) is 10.4. The average Bonchev–Trinajstić information content (AvgIpc) is 2.78. The van der Waals surface area contributed by atoms with Gasteiger partial charge in [-0.2, -0.15) is 0 Å². The summed E-state index contributed by atoms with van der Waals surface area (Å²) < 4.78 is 41.9. The Morgan fingerprint density at radius 2 is 1.69 bits per heavy atom. The molecule has 1 N–H and O–H groups in total. The largest absolute Gasteiger partial charge is 0.395 e. The molecule has 0 saturated carbocycles. The highest BCUT2D eigenvalue weighted by atomic mass is 35.5. The summed E-state index contributed by atoms with van der Waals surface area (Å²) >= 11 is 6.36. The van der Waals surface area contributed by atoms with Crippen molar-refractivity contribution in [1.82, 2.24) is 4.90 Å². The van der Waals surface area contributed by atoms with E-state index in [2.05, 4.69) is 4.90 Å². The van der Waals surface area contributed by atoms with Gasteiger partial charge in [-0.15, -0.1) is 0 Å². The van der Waals surface area contributed by atoms with E-state index in [1.165, 1.54) is 16.4 Å². The first kappa shape index (κ1) is 21.4. The number of aliphatic hydroxyl groups excluding tert-OH is 1. The van der Waals surface area contributed by atoms with Crippen LogP contribution in [0.1, 0.15) is 17.0 Å². The molecule has 5 rings (SSSR count). The van der Waals surface area contributed by atoms with Crippen molar-refractivity contribution in [1.29, 1.82) is 0 Å². The lowest BCUT2D eigenvalue weighted by Gasteiger charge is -2.59. The number of aliphatic hydroxyl groups is 1. The molecule has 3 aromatic carbocycles. The predicted molar refractivity (Wildman–Crippen MR) is 122 cm³/mol. The number of rotatable bonds is 5. The summed E-state index contributed by atoms with van der Waals surface area (Å²) in [6.07, 6.45) is 0. The number of anilines is 1. The number of sulfonamides is 1. The van der Waals surface area contributed by atoms with Gasteiger partial charge in [0.05, 0.1) is 23.7 Å². The molecule has 0 spiro atoms. The molecule has 3 aromatic rings. The SMILES string of the molecule is O=S(=O)(c1ccc(F)cc1)N1C[C@@H]2[C@H](c3ccccc31)[C@@H](CO)N2Cc1ccccc1Cl. The number of halogens is 2. The molecule has 3 atom stereocenters. The summed E-state index contributed by atoms with van der Waals surface area (Å²) in [5.74, 6) is -0.475. The molecule has 1 fully saturated rings. The fourth-order valence-electron chi connectivity index (χ4n) is 4.95. The predicted octanol–water partition coefficient (Wildman–Crippen LogP) is 4.02. The van der Waals surface area contributed by atoms with E-state index in [1.807, 2.05) is 36.4 Å². The molecule has 8 heteroatoms. The van der Waals surface area contributed by atoms with Gasteiger partial charge in [0.25, 0.3) is 10.0 Å². The van der Waals surface area contributed by atoms with Crippen LogP contribution >= 0.6 is 11.6 Å². The highest BCUT2D eigenvalue weighted by Crippen LogP contribution is 2.50. The molecule has 166 valence electrons. The van der Waals surface area contributed by atoms with Crippen molar-refractivity contribution in [3.63, 3.8) is 0 Å². The highest BCUT2D eigenvalue weighted by Gasteiger charge is 2.54. The Morgan fingerprint density at radius 3 is 2.41 bits per heavy atom. The van der Waals surface area contributed by atoms with Crippen LogP contribution in [0.5, 0.6) is 0 Å². The zero-order valence-corrected chi connectivity index (χ0v) is 18.7. The van der Waals surface area contributed by atoms with Crippen molar-refractivity contribution in [2.24, 2.45) is 0 Å². The average molecular weight is 473 g/mol. The molecule has 1 saturated heterocycles. The number of hydrogen-bond acceptors (Lipinski definition) is 4. The van der Waals surface area contributed by atoms with Crippen molar-refractivity contribution < 1.29 is 17.9 Å². The molecular formula is C24H22ClFN2O3S. The number of hydrogen-bond donors (Lipinski definition) is 1. The molecule has 0 bridgehead atoms.